The fourth-order valence-corrected chi connectivity index (χ4v) is 1.77. The van der Waals surface area contributed by atoms with Crippen LogP contribution in [0.5, 0.6) is 5.75 Å². The first-order chi connectivity index (χ1) is 11.1. The summed E-state index contributed by atoms with van der Waals surface area (Å²) in [7, 11) is 0. The molecule has 0 bridgehead atoms. The number of benzene rings is 2. The number of hydrazone groups is 1. The van der Waals surface area contributed by atoms with Gasteiger partial charge in [-0.15, -0.1) is 0 Å². The Labute approximate surface area is 139 Å². The number of nitrogens with zero attached hydrogens (tertiary/aromatic N) is 1. The monoisotopic (exact) mass is 325 g/mol. The number of nitrogens with one attached hydrogen (secondary N) is 1. The van der Waals surface area contributed by atoms with Crippen LogP contribution in [0.15, 0.2) is 65.8 Å². The van der Waals surface area contributed by atoms with Crippen molar-refractivity contribution in [2.24, 2.45) is 10.8 Å². The molecule has 0 fully saturated rings. The molecule has 0 aromatic heterocycles. The average molecular weight is 325 g/mol. The second-order valence-electron chi connectivity index (χ2n) is 4.44. The number of hydrogen-bond acceptors (Lipinski definition) is 4. The van der Waals surface area contributed by atoms with Gasteiger partial charge in [-0.1, -0.05) is 42.5 Å². The maximum Gasteiger partial charge on any atom is 0.336 e. The van der Waals surface area contributed by atoms with Crippen LogP contribution < -0.4 is 15.9 Å². The first-order valence-electron chi connectivity index (χ1n) is 6.77. The van der Waals surface area contributed by atoms with Crippen molar-refractivity contribution in [1.82, 2.24) is 5.43 Å². The highest BCUT2D eigenvalue weighted by atomic mass is 32.1. The summed E-state index contributed by atoms with van der Waals surface area (Å²) in [6, 6.07) is 16.5. The first-order valence-corrected chi connectivity index (χ1v) is 7.18. The molecule has 0 aliphatic carbocycles. The maximum absolute atomic E-state index is 11.9. The first kappa shape index (κ1) is 16.4. The van der Waals surface area contributed by atoms with E-state index in [0.29, 0.717) is 11.3 Å². The van der Waals surface area contributed by atoms with Crippen LogP contribution in [0.3, 0.4) is 0 Å². The Kier molecular flexibility index (Phi) is 6.02. The number of esters is 1. The maximum atomic E-state index is 11.9. The van der Waals surface area contributed by atoms with Crippen LogP contribution in [0, 0.1) is 0 Å². The summed E-state index contributed by atoms with van der Waals surface area (Å²) in [5.41, 5.74) is 9.27. The third-order valence-corrected chi connectivity index (χ3v) is 2.81. The second-order valence-corrected chi connectivity index (χ2v) is 4.88. The molecular weight excluding hydrogens is 310 g/mol. The van der Waals surface area contributed by atoms with Crippen LogP contribution in [0.2, 0.25) is 0 Å². The summed E-state index contributed by atoms with van der Waals surface area (Å²) in [5, 5.41) is 3.91. The van der Waals surface area contributed by atoms with E-state index < -0.39 is 5.97 Å². The minimum absolute atomic E-state index is 0.0570. The number of para-hydroxylation sites is 1. The summed E-state index contributed by atoms with van der Waals surface area (Å²) in [6.45, 7) is 0. The standard InChI is InChI=1S/C17H15N3O2S/c18-17(23)20-19-12-14-8-4-5-9-15(14)22-16(21)11-10-13-6-2-1-3-7-13/h1-12H,(H3,18,20,23)/b11-10+,19-12-. The normalized spacial score (nSPS) is 10.8. The van der Waals surface area contributed by atoms with Gasteiger partial charge in [0.15, 0.2) is 5.11 Å². The minimum Gasteiger partial charge on any atom is -0.423 e. The molecule has 0 aliphatic rings. The van der Waals surface area contributed by atoms with E-state index in [1.54, 1.807) is 30.3 Å². The van der Waals surface area contributed by atoms with Crippen LogP contribution >= 0.6 is 12.2 Å². The summed E-state index contributed by atoms with van der Waals surface area (Å²) in [5.74, 6) is -0.0827. The largest absolute Gasteiger partial charge is 0.423 e. The van der Waals surface area contributed by atoms with Crippen LogP contribution in [0.1, 0.15) is 11.1 Å². The highest BCUT2D eigenvalue weighted by Crippen LogP contribution is 2.16. The van der Waals surface area contributed by atoms with Gasteiger partial charge in [0.2, 0.25) is 0 Å². The molecule has 2 rings (SSSR count). The van der Waals surface area contributed by atoms with Crippen molar-refractivity contribution in [2.75, 3.05) is 0 Å². The van der Waals surface area contributed by atoms with E-state index >= 15 is 0 Å². The van der Waals surface area contributed by atoms with Crippen molar-refractivity contribution in [3.8, 4) is 5.75 Å². The molecule has 0 amide bonds. The van der Waals surface area contributed by atoms with Crippen molar-refractivity contribution in [3.05, 3.63) is 71.8 Å². The molecular formula is C17H15N3O2S. The predicted octanol–water partition coefficient (Wildman–Crippen LogP) is 2.47. The number of thiocarbonyl (C=S) groups is 1. The third-order valence-electron chi connectivity index (χ3n) is 2.72. The lowest BCUT2D eigenvalue weighted by molar-refractivity contribution is -0.128. The molecule has 2 aromatic rings. The number of carbonyl (C=O) groups is 1. The molecule has 0 heterocycles. The smallest absolute Gasteiger partial charge is 0.336 e. The lowest BCUT2D eigenvalue weighted by atomic mass is 10.2. The van der Waals surface area contributed by atoms with Gasteiger partial charge >= 0.3 is 5.97 Å². The molecule has 5 nitrogen and oxygen atoms in total. The fourth-order valence-electron chi connectivity index (χ4n) is 1.72. The van der Waals surface area contributed by atoms with E-state index in [4.69, 9.17) is 10.5 Å². The average Bonchev–Trinajstić information content (AvgIpc) is 2.55. The SMILES string of the molecule is NC(=S)N/N=C\c1ccccc1OC(=O)/C=C/c1ccccc1. The van der Waals surface area contributed by atoms with Gasteiger partial charge in [-0.2, -0.15) is 5.10 Å². The Balaban J connectivity index is 2.05. The van der Waals surface area contributed by atoms with Crippen molar-refractivity contribution < 1.29 is 9.53 Å². The summed E-state index contributed by atoms with van der Waals surface area (Å²) in [6.07, 6.45) is 4.53. The highest BCUT2D eigenvalue weighted by molar-refractivity contribution is 7.80. The van der Waals surface area contributed by atoms with Crippen molar-refractivity contribution in [1.29, 1.82) is 0 Å². The molecule has 3 N–H and O–H groups in total. The van der Waals surface area contributed by atoms with E-state index in [1.165, 1.54) is 12.3 Å². The Morgan fingerprint density at radius 1 is 1.13 bits per heavy atom. The van der Waals surface area contributed by atoms with Gasteiger partial charge in [0.05, 0.1) is 6.21 Å². The van der Waals surface area contributed by atoms with Crippen LogP contribution in [-0.2, 0) is 4.79 Å². The zero-order chi connectivity index (χ0) is 16.5. The second kappa shape index (κ2) is 8.45. The van der Waals surface area contributed by atoms with E-state index in [0.717, 1.165) is 5.56 Å². The zero-order valence-corrected chi connectivity index (χ0v) is 13.0. The summed E-state index contributed by atoms with van der Waals surface area (Å²) in [4.78, 5) is 11.9. The quantitative estimate of drug-likeness (QED) is 0.221. The van der Waals surface area contributed by atoms with Gasteiger partial charge in [0.1, 0.15) is 5.75 Å². The topological polar surface area (TPSA) is 76.7 Å². The Morgan fingerprint density at radius 2 is 1.83 bits per heavy atom. The molecule has 2 aromatic carbocycles. The Bertz CT molecular complexity index is 743. The molecule has 116 valence electrons. The lowest BCUT2D eigenvalue weighted by Gasteiger charge is -2.05. The molecule has 0 spiro atoms. The molecule has 0 saturated heterocycles. The van der Waals surface area contributed by atoms with Gasteiger partial charge in [0.25, 0.3) is 0 Å². The van der Waals surface area contributed by atoms with Crippen LogP contribution in [-0.4, -0.2) is 17.3 Å². The number of hydrogen-bond donors (Lipinski definition) is 2. The molecule has 0 radical (unpaired) electrons. The molecule has 6 heteroatoms. The van der Waals surface area contributed by atoms with E-state index in [-0.39, 0.29) is 5.11 Å². The van der Waals surface area contributed by atoms with Crippen LogP contribution in [0.4, 0.5) is 0 Å². The van der Waals surface area contributed by atoms with E-state index in [9.17, 15) is 4.79 Å². The number of ether oxygens (including phenoxy) is 1. The van der Waals surface area contributed by atoms with Gasteiger partial charge in [-0.3, -0.25) is 5.43 Å². The minimum atomic E-state index is -0.475. The molecule has 0 aliphatic heterocycles. The van der Waals surface area contributed by atoms with Crippen molar-refractivity contribution in [2.45, 2.75) is 0 Å². The third kappa shape index (κ3) is 5.72. The van der Waals surface area contributed by atoms with Crippen LogP contribution in [0.25, 0.3) is 6.08 Å². The summed E-state index contributed by atoms with van der Waals surface area (Å²) >= 11 is 4.65. The molecule has 0 unspecified atom stereocenters. The molecule has 23 heavy (non-hydrogen) atoms. The Morgan fingerprint density at radius 3 is 2.57 bits per heavy atom. The summed E-state index contributed by atoms with van der Waals surface area (Å²) < 4.78 is 5.32. The van der Waals surface area contributed by atoms with Crippen molar-refractivity contribution >= 4 is 35.6 Å². The van der Waals surface area contributed by atoms with Gasteiger partial charge < -0.3 is 10.5 Å². The number of nitrogens with two attached hydrogens (primary N) is 1. The van der Waals surface area contributed by atoms with E-state index in [2.05, 4.69) is 22.7 Å². The zero-order valence-electron chi connectivity index (χ0n) is 12.2. The van der Waals surface area contributed by atoms with Gasteiger partial charge in [-0.25, -0.2) is 4.79 Å². The molecule has 0 atom stereocenters. The Hall–Kier alpha value is -2.99. The number of carbonyl (C=O) groups excluding carboxylic acids is 1. The van der Waals surface area contributed by atoms with Crippen molar-refractivity contribution in [3.63, 3.8) is 0 Å². The molecule has 0 saturated carbocycles. The van der Waals surface area contributed by atoms with E-state index in [1.807, 2.05) is 30.3 Å². The van der Waals surface area contributed by atoms with Gasteiger partial charge in [-0.05, 0) is 36.0 Å². The lowest BCUT2D eigenvalue weighted by Crippen LogP contribution is -2.24. The predicted molar refractivity (Wildman–Crippen MR) is 95.1 cm³/mol. The van der Waals surface area contributed by atoms with Gasteiger partial charge in [0, 0.05) is 11.6 Å². The highest BCUT2D eigenvalue weighted by Gasteiger charge is 2.05. The fraction of sp³-hybridized carbons (Fsp3) is 0. The number of rotatable bonds is 5.